The van der Waals surface area contributed by atoms with Gasteiger partial charge in [-0.15, -0.1) is 0 Å². The number of rotatable bonds is 4. The third kappa shape index (κ3) is 7.50. The molecule has 0 saturated carbocycles. The van der Waals surface area contributed by atoms with E-state index in [1.807, 2.05) is 13.2 Å². The van der Waals surface area contributed by atoms with E-state index < -0.39 is 0 Å². The van der Waals surface area contributed by atoms with Gasteiger partial charge in [0.25, 0.3) is 0 Å². The molecule has 0 bridgehead atoms. The monoisotopic (exact) mass is 142 g/mol. The zero-order chi connectivity index (χ0) is 7.98. The number of nitrogens with zero attached hydrogens (tertiary/aromatic N) is 1. The van der Waals surface area contributed by atoms with E-state index in [0.717, 1.165) is 12.3 Å². The van der Waals surface area contributed by atoms with Crippen LogP contribution in [-0.4, -0.2) is 12.1 Å². The maximum absolute atomic E-state index is 5.36. The molecule has 0 saturated heterocycles. The van der Waals surface area contributed by atoms with Gasteiger partial charge < -0.3 is 5.01 Å². The number of hydrogen-bond donors (Lipinski definition) is 1. The van der Waals surface area contributed by atoms with Gasteiger partial charge in [-0.25, -0.2) is 5.84 Å². The molecule has 0 aromatic rings. The maximum Gasteiger partial charge on any atom is 0.0222 e. The van der Waals surface area contributed by atoms with E-state index >= 15 is 0 Å². The van der Waals surface area contributed by atoms with Crippen LogP contribution in [0.25, 0.3) is 0 Å². The quantitative estimate of drug-likeness (QED) is 0.478. The number of hydrazine groups is 1. The topological polar surface area (TPSA) is 29.3 Å². The van der Waals surface area contributed by atoms with Gasteiger partial charge in [0, 0.05) is 13.2 Å². The molecular formula is C8H18N2. The maximum atomic E-state index is 5.36. The zero-order valence-electron chi connectivity index (χ0n) is 7.17. The van der Waals surface area contributed by atoms with Crippen molar-refractivity contribution in [2.75, 3.05) is 7.05 Å². The average Bonchev–Trinajstić information content (AvgIpc) is 1.79. The van der Waals surface area contributed by atoms with Crippen molar-refractivity contribution < 1.29 is 0 Å². The first-order valence-corrected chi connectivity index (χ1v) is 3.77. The molecule has 0 aliphatic rings. The fraction of sp³-hybridized carbons (Fsp3) is 0.750. The minimum atomic E-state index is 0.785. The Morgan fingerprint density at radius 1 is 1.50 bits per heavy atom. The van der Waals surface area contributed by atoms with Gasteiger partial charge in [-0.1, -0.05) is 19.9 Å². The molecule has 0 radical (unpaired) electrons. The minimum absolute atomic E-state index is 0.785. The Balaban J connectivity index is 3.19. The van der Waals surface area contributed by atoms with Gasteiger partial charge in [0.1, 0.15) is 0 Å². The molecule has 2 nitrogen and oxygen atoms in total. The molecule has 10 heavy (non-hydrogen) atoms. The summed E-state index contributed by atoms with van der Waals surface area (Å²) in [5.74, 6) is 6.14. The lowest BCUT2D eigenvalue weighted by atomic mass is 10.1. The molecule has 0 atom stereocenters. The van der Waals surface area contributed by atoms with Gasteiger partial charge in [-0.05, 0) is 18.8 Å². The Hall–Kier alpha value is -0.500. The second-order valence-corrected chi connectivity index (χ2v) is 3.02. The Labute approximate surface area is 63.7 Å². The zero-order valence-corrected chi connectivity index (χ0v) is 7.17. The summed E-state index contributed by atoms with van der Waals surface area (Å²) in [6.45, 7) is 4.44. The molecule has 2 heteroatoms. The fourth-order valence-corrected chi connectivity index (χ4v) is 0.670. The molecular weight excluding hydrogens is 124 g/mol. The Morgan fingerprint density at radius 2 is 2.10 bits per heavy atom. The van der Waals surface area contributed by atoms with Crippen molar-refractivity contribution in [1.29, 1.82) is 0 Å². The predicted molar refractivity (Wildman–Crippen MR) is 45.2 cm³/mol. The fourth-order valence-electron chi connectivity index (χ4n) is 0.670. The summed E-state index contributed by atoms with van der Waals surface area (Å²) in [6, 6.07) is 0. The van der Waals surface area contributed by atoms with Crippen LogP contribution in [0.5, 0.6) is 0 Å². The summed E-state index contributed by atoms with van der Waals surface area (Å²) in [4.78, 5) is 0. The summed E-state index contributed by atoms with van der Waals surface area (Å²) in [5, 5.41) is 1.57. The van der Waals surface area contributed by atoms with Crippen molar-refractivity contribution in [2.24, 2.45) is 11.8 Å². The molecule has 60 valence electrons. The van der Waals surface area contributed by atoms with Gasteiger partial charge in [-0.2, -0.15) is 0 Å². The van der Waals surface area contributed by atoms with Gasteiger partial charge in [0.2, 0.25) is 0 Å². The summed E-state index contributed by atoms with van der Waals surface area (Å²) in [5.41, 5.74) is 0. The highest BCUT2D eigenvalue weighted by Crippen LogP contribution is 2.03. The van der Waals surface area contributed by atoms with Crippen LogP contribution in [0.2, 0.25) is 0 Å². The summed E-state index contributed by atoms with van der Waals surface area (Å²) < 4.78 is 0. The molecule has 2 N–H and O–H groups in total. The average molecular weight is 142 g/mol. The molecule has 0 aromatic carbocycles. The molecule has 0 spiro atoms. The normalized spacial score (nSPS) is 11.3. The van der Waals surface area contributed by atoms with E-state index in [0.29, 0.717) is 0 Å². The molecule has 0 aromatic heterocycles. The Morgan fingerprint density at radius 3 is 2.50 bits per heavy atom. The lowest BCUT2D eigenvalue weighted by molar-refractivity contribution is 0.480. The van der Waals surface area contributed by atoms with Crippen molar-refractivity contribution in [3.05, 3.63) is 12.3 Å². The van der Waals surface area contributed by atoms with E-state index in [-0.39, 0.29) is 0 Å². The van der Waals surface area contributed by atoms with Gasteiger partial charge >= 0.3 is 0 Å². The third-order valence-electron chi connectivity index (χ3n) is 1.25. The van der Waals surface area contributed by atoms with Crippen LogP contribution in [-0.2, 0) is 0 Å². The van der Waals surface area contributed by atoms with Crippen molar-refractivity contribution in [2.45, 2.75) is 26.7 Å². The number of hydrogen-bond acceptors (Lipinski definition) is 2. The standard InChI is InChI=1S/C8H18N2/c1-8(2)6-4-5-7-10(3)9/h5,7-8H,4,6,9H2,1-3H3/b7-5-. The molecule has 0 aliphatic carbocycles. The van der Waals surface area contributed by atoms with E-state index in [9.17, 15) is 0 Å². The largest absolute Gasteiger partial charge is 0.322 e. The lowest BCUT2D eigenvalue weighted by Gasteiger charge is -2.03. The minimum Gasteiger partial charge on any atom is -0.322 e. The summed E-state index contributed by atoms with van der Waals surface area (Å²) >= 11 is 0. The molecule has 0 unspecified atom stereocenters. The number of allylic oxidation sites excluding steroid dienone is 1. The van der Waals surface area contributed by atoms with Gasteiger partial charge in [-0.3, -0.25) is 0 Å². The predicted octanol–water partition coefficient (Wildman–Crippen LogP) is 1.74. The second kappa shape index (κ2) is 5.30. The highest BCUT2D eigenvalue weighted by Gasteiger charge is 1.88. The van der Waals surface area contributed by atoms with E-state index in [4.69, 9.17) is 5.84 Å². The summed E-state index contributed by atoms with van der Waals surface area (Å²) in [7, 11) is 1.83. The van der Waals surface area contributed by atoms with Crippen LogP contribution in [0.1, 0.15) is 26.7 Å². The highest BCUT2D eigenvalue weighted by atomic mass is 15.4. The van der Waals surface area contributed by atoms with Crippen LogP contribution in [0.3, 0.4) is 0 Å². The summed E-state index contributed by atoms with van der Waals surface area (Å²) in [6.07, 6.45) is 6.35. The van der Waals surface area contributed by atoms with E-state index in [1.165, 1.54) is 6.42 Å². The van der Waals surface area contributed by atoms with Crippen molar-refractivity contribution in [3.8, 4) is 0 Å². The van der Waals surface area contributed by atoms with Crippen LogP contribution >= 0.6 is 0 Å². The molecule has 0 amide bonds. The van der Waals surface area contributed by atoms with Gasteiger partial charge in [0.15, 0.2) is 0 Å². The molecule has 0 heterocycles. The first-order chi connectivity index (χ1) is 4.63. The Kier molecular flexibility index (Phi) is 5.03. The van der Waals surface area contributed by atoms with E-state index in [1.54, 1.807) is 5.01 Å². The first-order valence-electron chi connectivity index (χ1n) is 3.77. The van der Waals surface area contributed by atoms with Crippen LogP contribution in [0.4, 0.5) is 0 Å². The van der Waals surface area contributed by atoms with Crippen LogP contribution in [0.15, 0.2) is 12.3 Å². The first kappa shape index (κ1) is 9.50. The second-order valence-electron chi connectivity index (χ2n) is 3.02. The van der Waals surface area contributed by atoms with Crippen molar-refractivity contribution >= 4 is 0 Å². The number of nitrogens with two attached hydrogens (primary N) is 1. The lowest BCUT2D eigenvalue weighted by Crippen LogP contribution is -2.18. The van der Waals surface area contributed by atoms with E-state index in [2.05, 4.69) is 19.9 Å². The third-order valence-corrected chi connectivity index (χ3v) is 1.25. The molecule has 0 aliphatic heterocycles. The van der Waals surface area contributed by atoms with Crippen molar-refractivity contribution in [3.63, 3.8) is 0 Å². The Bertz CT molecular complexity index is 95.4. The van der Waals surface area contributed by atoms with Gasteiger partial charge in [0.05, 0.1) is 0 Å². The highest BCUT2D eigenvalue weighted by molar-refractivity contribution is 4.78. The van der Waals surface area contributed by atoms with Crippen molar-refractivity contribution in [1.82, 2.24) is 5.01 Å². The molecule has 0 rings (SSSR count). The SMILES string of the molecule is CC(C)CC/C=C\N(C)N. The smallest absolute Gasteiger partial charge is 0.0222 e. The molecule has 0 fully saturated rings. The van der Waals surface area contributed by atoms with Crippen LogP contribution in [0, 0.1) is 5.92 Å². The van der Waals surface area contributed by atoms with Crippen LogP contribution < -0.4 is 5.84 Å².